The minimum Gasteiger partial charge on any atom is -0.492 e. The molecule has 3 rings (SSSR count). The van der Waals surface area contributed by atoms with Crippen LogP contribution >= 0.6 is 0 Å². The summed E-state index contributed by atoms with van der Waals surface area (Å²) in [4.78, 5) is 13.0. The third-order valence-electron chi connectivity index (χ3n) is 8.46. The molecule has 0 radical (unpaired) electrons. The molecule has 1 aliphatic carbocycles. The number of aliphatic hydroxyl groups is 5. The van der Waals surface area contributed by atoms with Crippen LogP contribution in [0.5, 0.6) is 0 Å². The van der Waals surface area contributed by atoms with Gasteiger partial charge in [0.2, 0.25) is 5.91 Å². The summed E-state index contributed by atoms with van der Waals surface area (Å²) in [6.45, 7) is 2.43. The highest BCUT2D eigenvalue weighted by Crippen LogP contribution is 2.36. The largest absolute Gasteiger partial charge is 0.492 e. The van der Waals surface area contributed by atoms with Crippen molar-refractivity contribution in [3.8, 4) is 0 Å². The number of hydrogen-bond donors (Lipinski definition) is 13. The van der Waals surface area contributed by atoms with E-state index in [1.165, 1.54) is 6.92 Å². The quantitative estimate of drug-likeness (QED) is 0.0484. The Labute approximate surface area is 257 Å². The third kappa shape index (κ3) is 9.20. The van der Waals surface area contributed by atoms with Crippen LogP contribution < -0.4 is 38.5 Å². The zero-order valence-electron chi connectivity index (χ0n) is 25.4. The average molecular weight is 633 g/mol. The van der Waals surface area contributed by atoms with E-state index in [-0.39, 0.29) is 38.6 Å². The first kappa shape index (κ1) is 36.3. The molecule has 0 aromatic rings. The van der Waals surface area contributed by atoms with Gasteiger partial charge in [-0.05, 0) is 52.3 Å². The van der Waals surface area contributed by atoms with Crippen LogP contribution in [0.15, 0.2) is 11.8 Å². The normalized spacial score (nSPS) is 38.2. The highest BCUT2D eigenvalue weighted by Gasteiger charge is 2.53. The molecule has 1 unspecified atom stereocenters. The Bertz CT molecular complexity index is 976. The van der Waals surface area contributed by atoms with Crippen molar-refractivity contribution in [3.63, 3.8) is 0 Å². The lowest BCUT2D eigenvalue weighted by atomic mass is 9.72. The van der Waals surface area contributed by atoms with Crippen LogP contribution in [0.1, 0.15) is 32.6 Å². The Morgan fingerprint density at radius 3 is 2.64 bits per heavy atom. The summed E-state index contributed by atoms with van der Waals surface area (Å²) >= 11 is 0. The zero-order chi connectivity index (χ0) is 32.6. The molecule has 1 saturated heterocycles. The van der Waals surface area contributed by atoms with Gasteiger partial charge in [-0.1, -0.05) is 0 Å². The molecule has 1 saturated carbocycles. The summed E-state index contributed by atoms with van der Waals surface area (Å²) in [7, 11) is 1.58. The van der Waals surface area contributed by atoms with Crippen molar-refractivity contribution in [2.24, 2.45) is 23.1 Å². The number of carbonyl (C=O) groups excluding carboxylic acids is 1. The van der Waals surface area contributed by atoms with Crippen LogP contribution in [0, 0.1) is 11.3 Å². The minimum atomic E-state index is -1.46. The van der Waals surface area contributed by atoms with Crippen molar-refractivity contribution in [2.75, 3.05) is 39.9 Å². The van der Waals surface area contributed by atoms with Crippen molar-refractivity contribution >= 4 is 11.9 Å². The Morgan fingerprint density at radius 2 is 1.98 bits per heavy atom. The van der Waals surface area contributed by atoms with Crippen LogP contribution in [0.4, 0.5) is 0 Å². The van der Waals surface area contributed by atoms with Gasteiger partial charge in [0.1, 0.15) is 35.8 Å². The second kappa shape index (κ2) is 16.4. The molecule has 254 valence electrons. The van der Waals surface area contributed by atoms with Crippen molar-refractivity contribution in [1.29, 1.82) is 5.41 Å². The predicted molar refractivity (Wildman–Crippen MR) is 159 cm³/mol. The SMILES string of the molecule is CN[C@@H]1[C@@H](O)[C@@H](O[C@H]2[C@H](NC(=O)[C@@H](O)CCNC(=N)N)C[C@H](N)C([C@H]3OC(CNCCCO)=CC[C@H]3N)[C@@H]2O)OC[C@]1(C)O. The fraction of sp³-hybridized carbons (Fsp3) is 0.852. The summed E-state index contributed by atoms with van der Waals surface area (Å²) < 4.78 is 18.1. The summed E-state index contributed by atoms with van der Waals surface area (Å²) in [5.41, 5.74) is 16.9. The van der Waals surface area contributed by atoms with Gasteiger partial charge in [0.25, 0.3) is 0 Å². The van der Waals surface area contributed by atoms with Crippen LogP contribution in [-0.4, -0.2) is 144 Å². The van der Waals surface area contributed by atoms with Crippen molar-refractivity contribution in [2.45, 2.75) is 99.2 Å². The molecule has 2 heterocycles. The van der Waals surface area contributed by atoms with E-state index in [2.05, 4.69) is 21.3 Å². The monoisotopic (exact) mass is 632 g/mol. The fourth-order valence-corrected chi connectivity index (χ4v) is 6.13. The average Bonchev–Trinajstić information content (AvgIpc) is 2.95. The number of rotatable bonds is 14. The standard InChI is InChI=1S/C27H52N8O9/c1-27(41)12-42-25(20(39)23(27)32-2)44-22-16(35-24(40)17(37)6-8-34-26(30)31)10-15(29)18(19(22)38)21-14(28)5-4-13(43-21)11-33-7-3-9-36/h4,14-23,25,32-33,36-39,41H,3,5-12,28-29H2,1-2H3,(H,35,40)(H4,30,31,34)/t14-,15+,16-,17+,18?,19+,20-,21+,22+,23-,25-,27+/m1/s1. The number of guanidine groups is 1. The molecule has 3 aliphatic rings. The number of nitrogens with one attached hydrogen (secondary N) is 5. The van der Waals surface area contributed by atoms with Gasteiger partial charge in [-0.25, -0.2) is 0 Å². The van der Waals surface area contributed by atoms with Crippen LogP contribution in [-0.2, 0) is 19.0 Å². The predicted octanol–water partition coefficient (Wildman–Crippen LogP) is -5.17. The summed E-state index contributed by atoms with van der Waals surface area (Å²) in [5.74, 6) is -1.18. The van der Waals surface area contributed by atoms with Crippen LogP contribution in [0.25, 0.3) is 0 Å². The minimum absolute atomic E-state index is 0.0451. The van der Waals surface area contributed by atoms with Gasteiger partial charge >= 0.3 is 0 Å². The Morgan fingerprint density at radius 1 is 1.25 bits per heavy atom. The van der Waals surface area contributed by atoms with E-state index in [9.17, 15) is 25.2 Å². The fourth-order valence-electron chi connectivity index (χ4n) is 6.13. The molecule has 17 heteroatoms. The van der Waals surface area contributed by atoms with Crippen molar-refractivity contribution in [1.82, 2.24) is 21.3 Å². The lowest BCUT2D eigenvalue weighted by Gasteiger charge is -2.50. The van der Waals surface area contributed by atoms with E-state index in [0.29, 0.717) is 31.7 Å². The lowest BCUT2D eigenvalue weighted by molar-refractivity contribution is -0.297. The first-order chi connectivity index (χ1) is 20.8. The van der Waals surface area contributed by atoms with Gasteiger partial charge in [-0.2, -0.15) is 0 Å². The van der Waals surface area contributed by atoms with Crippen molar-refractivity contribution < 1.29 is 44.5 Å². The molecule has 16 N–H and O–H groups in total. The molecule has 2 fully saturated rings. The van der Waals surface area contributed by atoms with E-state index >= 15 is 0 Å². The Kier molecular flexibility index (Phi) is 13.5. The van der Waals surface area contributed by atoms with E-state index in [1.54, 1.807) is 7.05 Å². The first-order valence-electron chi connectivity index (χ1n) is 15.1. The van der Waals surface area contributed by atoms with E-state index in [0.717, 1.165) is 0 Å². The molecule has 12 atom stereocenters. The molecule has 1 amide bonds. The summed E-state index contributed by atoms with van der Waals surface area (Å²) in [5, 5.41) is 71.5. The molecule has 17 nitrogen and oxygen atoms in total. The molecule has 0 aromatic heterocycles. The third-order valence-corrected chi connectivity index (χ3v) is 8.46. The molecule has 0 spiro atoms. The zero-order valence-corrected chi connectivity index (χ0v) is 25.4. The molecule has 2 aliphatic heterocycles. The highest BCUT2D eigenvalue weighted by molar-refractivity contribution is 5.81. The number of hydrogen-bond acceptors (Lipinski definition) is 14. The summed E-state index contributed by atoms with van der Waals surface area (Å²) in [6, 6.07) is -2.97. The number of carbonyl (C=O) groups is 1. The molecular weight excluding hydrogens is 580 g/mol. The lowest BCUT2D eigenvalue weighted by Crippen LogP contribution is -2.69. The topological polar surface area (TPSA) is 296 Å². The van der Waals surface area contributed by atoms with Gasteiger partial charge < -0.3 is 78.2 Å². The van der Waals surface area contributed by atoms with E-state index in [1.807, 2.05) is 6.08 Å². The van der Waals surface area contributed by atoms with Crippen LogP contribution in [0.2, 0.25) is 0 Å². The van der Waals surface area contributed by atoms with Gasteiger partial charge in [-0.3, -0.25) is 10.2 Å². The smallest absolute Gasteiger partial charge is 0.249 e. The van der Waals surface area contributed by atoms with Crippen LogP contribution in [0.3, 0.4) is 0 Å². The van der Waals surface area contributed by atoms with Gasteiger partial charge in [-0.15, -0.1) is 0 Å². The molecule has 0 bridgehead atoms. The number of nitrogens with two attached hydrogens (primary N) is 3. The molecular formula is C27H52N8O9. The van der Waals surface area contributed by atoms with Gasteiger partial charge in [0.05, 0.1) is 31.3 Å². The molecule has 0 aromatic carbocycles. The Hall–Kier alpha value is -2.16. The van der Waals surface area contributed by atoms with Gasteiger partial charge in [0.15, 0.2) is 12.2 Å². The second-order valence-corrected chi connectivity index (χ2v) is 12.0. The maximum absolute atomic E-state index is 13.0. The molecule has 44 heavy (non-hydrogen) atoms. The number of likely N-dealkylation sites (N-methyl/N-ethyl adjacent to an activating group) is 1. The number of amides is 1. The van der Waals surface area contributed by atoms with Gasteiger partial charge in [0, 0.05) is 31.2 Å². The Balaban J connectivity index is 1.81. The second-order valence-electron chi connectivity index (χ2n) is 12.0. The highest BCUT2D eigenvalue weighted by atomic mass is 16.7. The maximum atomic E-state index is 13.0. The van der Waals surface area contributed by atoms with E-state index in [4.69, 9.17) is 41.9 Å². The maximum Gasteiger partial charge on any atom is 0.249 e. The number of ether oxygens (including phenoxy) is 3. The summed E-state index contributed by atoms with van der Waals surface area (Å²) in [6.07, 6.45) is -4.39. The number of aliphatic hydroxyl groups excluding tert-OH is 4. The van der Waals surface area contributed by atoms with E-state index < -0.39 is 78.4 Å². The van der Waals surface area contributed by atoms with Crippen molar-refractivity contribution in [3.05, 3.63) is 11.8 Å². The first-order valence-corrected chi connectivity index (χ1v) is 15.1.